The molecule has 0 aliphatic heterocycles. The molecule has 0 saturated carbocycles. The summed E-state index contributed by atoms with van der Waals surface area (Å²) in [7, 11) is 1.76. The van der Waals surface area contributed by atoms with Gasteiger partial charge in [0.1, 0.15) is 0 Å². The number of nitrogens with two attached hydrogens (primary N) is 1. The fraction of sp³-hybridized carbons (Fsp3) is 0.889. The first-order valence-corrected chi connectivity index (χ1v) is 4.73. The van der Waals surface area contributed by atoms with Gasteiger partial charge < -0.3 is 16.0 Å². The van der Waals surface area contributed by atoms with Gasteiger partial charge in [0, 0.05) is 26.2 Å². The van der Waals surface area contributed by atoms with Crippen LogP contribution in [-0.2, 0) is 0 Å². The summed E-state index contributed by atoms with van der Waals surface area (Å²) in [5.74, 6) is 0.396. The van der Waals surface area contributed by atoms with E-state index in [9.17, 15) is 4.79 Å². The van der Waals surface area contributed by atoms with Crippen LogP contribution >= 0.6 is 0 Å². The summed E-state index contributed by atoms with van der Waals surface area (Å²) < 4.78 is 0. The van der Waals surface area contributed by atoms with Gasteiger partial charge in [-0.2, -0.15) is 0 Å². The quantitative estimate of drug-likeness (QED) is 0.678. The van der Waals surface area contributed by atoms with Gasteiger partial charge in [-0.25, -0.2) is 4.79 Å². The van der Waals surface area contributed by atoms with Crippen molar-refractivity contribution in [1.82, 2.24) is 10.2 Å². The molecule has 13 heavy (non-hydrogen) atoms. The summed E-state index contributed by atoms with van der Waals surface area (Å²) in [6, 6.07) is -0.0205. The Morgan fingerprint density at radius 3 is 2.46 bits per heavy atom. The molecule has 2 amide bonds. The van der Waals surface area contributed by atoms with Gasteiger partial charge in [0.2, 0.25) is 0 Å². The molecule has 1 unspecified atom stereocenters. The lowest BCUT2D eigenvalue weighted by Gasteiger charge is -2.19. The molecule has 0 rings (SSSR count). The molecule has 0 heterocycles. The number of nitrogens with zero attached hydrogens (tertiary/aromatic N) is 1. The van der Waals surface area contributed by atoms with E-state index in [1.807, 2.05) is 20.8 Å². The molecule has 78 valence electrons. The summed E-state index contributed by atoms with van der Waals surface area (Å²) in [6.45, 7) is 7.27. The first-order valence-electron chi connectivity index (χ1n) is 4.73. The van der Waals surface area contributed by atoms with E-state index in [1.54, 1.807) is 11.9 Å². The van der Waals surface area contributed by atoms with Crippen molar-refractivity contribution in [2.24, 2.45) is 11.7 Å². The van der Waals surface area contributed by atoms with Crippen LogP contribution in [-0.4, -0.2) is 37.1 Å². The van der Waals surface area contributed by atoms with Crippen LogP contribution in [0.2, 0.25) is 0 Å². The second kappa shape index (κ2) is 5.80. The Hall–Kier alpha value is -0.770. The second-order valence-electron chi connectivity index (χ2n) is 3.61. The maximum atomic E-state index is 11.3. The highest BCUT2D eigenvalue weighted by Gasteiger charge is 2.10. The summed E-state index contributed by atoms with van der Waals surface area (Å²) >= 11 is 0. The third kappa shape index (κ3) is 4.72. The van der Waals surface area contributed by atoms with Crippen molar-refractivity contribution < 1.29 is 4.79 Å². The van der Waals surface area contributed by atoms with E-state index < -0.39 is 0 Å². The van der Waals surface area contributed by atoms with E-state index in [2.05, 4.69) is 5.32 Å². The normalized spacial score (nSPS) is 12.8. The topological polar surface area (TPSA) is 58.4 Å². The van der Waals surface area contributed by atoms with Gasteiger partial charge in [0.15, 0.2) is 0 Å². The molecule has 0 aromatic rings. The Balaban J connectivity index is 3.70. The van der Waals surface area contributed by atoms with E-state index >= 15 is 0 Å². The lowest BCUT2D eigenvalue weighted by atomic mass is 10.1. The van der Waals surface area contributed by atoms with Crippen LogP contribution in [0.25, 0.3) is 0 Å². The minimum atomic E-state index is -0.0569. The second-order valence-corrected chi connectivity index (χ2v) is 3.61. The van der Waals surface area contributed by atoms with Gasteiger partial charge >= 0.3 is 6.03 Å². The summed E-state index contributed by atoms with van der Waals surface area (Å²) in [4.78, 5) is 12.9. The van der Waals surface area contributed by atoms with Crippen LogP contribution in [0.3, 0.4) is 0 Å². The van der Waals surface area contributed by atoms with Crippen molar-refractivity contribution >= 4 is 6.03 Å². The predicted molar refractivity (Wildman–Crippen MR) is 54.5 cm³/mol. The van der Waals surface area contributed by atoms with Gasteiger partial charge in [0.25, 0.3) is 0 Å². The van der Waals surface area contributed by atoms with Crippen LogP contribution in [0.15, 0.2) is 0 Å². The van der Waals surface area contributed by atoms with Crippen LogP contribution in [0.1, 0.15) is 20.8 Å². The predicted octanol–water partition coefficient (Wildman–Crippen LogP) is 0.631. The van der Waals surface area contributed by atoms with E-state index in [4.69, 9.17) is 5.73 Å². The van der Waals surface area contributed by atoms with Gasteiger partial charge in [-0.3, -0.25) is 0 Å². The first kappa shape index (κ1) is 12.2. The molecule has 0 bridgehead atoms. The molecule has 3 N–H and O–H groups in total. The summed E-state index contributed by atoms with van der Waals surface area (Å²) in [6.07, 6.45) is 0. The summed E-state index contributed by atoms with van der Waals surface area (Å²) in [5.41, 5.74) is 5.77. The van der Waals surface area contributed by atoms with Gasteiger partial charge in [0.05, 0.1) is 0 Å². The van der Waals surface area contributed by atoms with E-state index in [0.29, 0.717) is 19.0 Å². The van der Waals surface area contributed by atoms with Crippen molar-refractivity contribution in [3.05, 3.63) is 0 Å². The lowest BCUT2D eigenvalue weighted by molar-refractivity contribution is 0.209. The van der Waals surface area contributed by atoms with Crippen molar-refractivity contribution in [2.75, 3.05) is 20.1 Å². The van der Waals surface area contributed by atoms with Crippen molar-refractivity contribution in [2.45, 2.75) is 26.8 Å². The number of urea groups is 1. The number of rotatable bonds is 4. The molecule has 0 fully saturated rings. The molecule has 4 heteroatoms. The SMILES string of the molecule is CCN(C)C(=O)NCC(N)C(C)C. The molecular weight excluding hydrogens is 166 g/mol. The minimum Gasteiger partial charge on any atom is -0.336 e. The third-order valence-corrected chi connectivity index (χ3v) is 2.17. The standard InChI is InChI=1S/C9H21N3O/c1-5-12(4)9(13)11-6-8(10)7(2)3/h7-8H,5-6,10H2,1-4H3,(H,11,13). The average Bonchev–Trinajstić information content (AvgIpc) is 2.11. The molecule has 4 nitrogen and oxygen atoms in total. The minimum absolute atomic E-state index is 0.0363. The molecule has 1 atom stereocenters. The first-order chi connectivity index (χ1) is 5.99. The van der Waals surface area contributed by atoms with Crippen molar-refractivity contribution in [3.63, 3.8) is 0 Å². The Labute approximate surface area is 80.5 Å². The fourth-order valence-electron chi connectivity index (χ4n) is 0.719. The maximum Gasteiger partial charge on any atom is 0.317 e. The maximum absolute atomic E-state index is 11.3. The van der Waals surface area contributed by atoms with E-state index in [1.165, 1.54) is 0 Å². The zero-order valence-electron chi connectivity index (χ0n) is 9.00. The third-order valence-electron chi connectivity index (χ3n) is 2.17. The van der Waals surface area contributed by atoms with Crippen LogP contribution in [0, 0.1) is 5.92 Å². The highest BCUT2D eigenvalue weighted by atomic mass is 16.2. The Kier molecular flexibility index (Phi) is 5.46. The number of carbonyl (C=O) groups excluding carboxylic acids is 1. The van der Waals surface area contributed by atoms with Gasteiger partial charge in [-0.05, 0) is 12.8 Å². The molecule has 0 aromatic heterocycles. The number of nitrogens with one attached hydrogen (secondary N) is 1. The van der Waals surface area contributed by atoms with E-state index in [-0.39, 0.29) is 12.1 Å². The lowest BCUT2D eigenvalue weighted by Crippen LogP contribution is -2.45. The molecule has 0 saturated heterocycles. The zero-order chi connectivity index (χ0) is 10.4. The fourth-order valence-corrected chi connectivity index (χ4v) is 0.719. The average molecular weight is 187 g/mol. The number of hydrogen-bond acceptors (Lipinski definition) is 2. The smallest absolute Gasteiger partial charge is 0.317 e. The van der Waals surface area contributed by atoms with Crippen molar-refractivity contribution in [3.8, 4) is 0 Å². The van der Waals surface area contributed by atoms with Gasteiger partial charge in [-0.1, -0.05) is 13.8 Å². The van der Waals surface area contributed by atoms with Crippen LogP contribution < -0.4 is 11.1 Å². The Morgan fingerprint density at radius 2 is 2.08 bits per heavy atom. The molecule has 0 aliphatic rings. The molecule has 0 aromatic carbocycles. The summed E-state index contributed by atoms with van der Waals surface area (Å²) in [5, 5.41) is 2.78. The molecule has 0 aliphatic carbocycles. The number of carbonyl (C=O) groups is 1. The monoisotopic (exact) mass is 187 g/mol. The molecule has 0 radical (unpaired) electrons. The van der Waals surface area contributed by atoms with E-state index in [0.717, 1.165) is 0 Å². The van der Waals surface area contributed by atoms with Crippen LogP contribution in [0.4, 0.5) is 4.79 Å². The molecular formula is C9H21N3O. The molecule has 0 spiro atoms. The van der Waals surface area contributed by atoms with Crippen molar-refractivity contribution in [1.29, 1.82) is 0 Å². The number of amides is 2. The highest BCUT2D eigenvalue weighted by molar-refractivity contribution is 5.73. The highest BCUT2D eigenvalue weighted by Crippen LogP contribution is 1.96. The largest absolute Gasteiger partial charge is 0.336 e. The van der Waals surface area contributed by atoms with Crippen LogP contribution in [0.5, 0.6) is 0 Å². The Morgan fingerprint density at radius 1 is 1.54 bits per heavy atom. The number of hydrogen-bond donors (Lipinski definition) is 2. The zero-order valence-corrected chi connectivity index (χ0v) is 9.00. The Bertz CT molecular complexity index is 159. The van der Waals surface area contributed by atoms with Gasteiger partial charge in [-0.15, -0.1) is 0 Å².